The number of esters is 1. The molecular formula is C58H70N4O13. The number of amides is 5. The monoisotopic (exact) mass is 1030 g/mol. The van der Waals surface area contributed by atoms with E-state index in [2.05, 4.69) is 49.3 Å². The lowest BCUT2D eigenvalue weighted by Gasteiger charge is -2.37. The molecule has 2 N–H and O–H groups in total. The fourth-order valence-corrected chi connectivity index (χ4v) is 9.88. The molecule has 0 spiro atoms. The smallest absolute Gasteiger partial charge is 0.329 e. The van der Waals surface area contributed by atoms with Gasteiger partial charge in [0.2, 0.25) is 11.8 Å². The molecule has 0 radical (unpaired) electrons. The van der Waals surface area contributed by atoms with Crippen molar-refractivity contribution in [2.75, 3.05) is 67.0 Å². The predicted molar refractivity (Wildman–Crippen MR) is 279 cm³/mol. The molecule has 4 atom stereocenters. The molecule has 5 amide bonds. The van der Waals surface area contributed by atoms with Gasteiger partial charge in [0, 0.05) is 24.4 Å². The number of likely N-dealkylation sites (tertiary alicyclic amines) is 1. The number of carbonyl (C=O) groups excluding carboxylic acids is 6. The summed E-state index contributed by atoms with van der Waals surface area (Å²) in [4.78, 5) is 83.8. The molecule has 0 bridgehead atoms. The predicted octanol–water partition coefficient (Wildman–Crippen LogP) is 7.42. The molecule has 400 valence electrons. The maximum absolute atomic E-state index is 14.5. The van der Waals surface area contributed by atoms with E-state index in [1.807, 2.05) is 38.1 Å². The lowest BCUT2D eigenvalue weighted by Crippen LogP contribution is -2.51. The largest absolute Gasteiger partial charge is 0.493 e. The highest BCUT2D eigenvalue weighted by atomic mass is 16.6. The van der Waals surface area contributed by atoms with Crippen molar-refractivity contribution in [3.63, 3.8) is 0 Å². The van der Waals surface area contributed by atoms with Gasteiger partial charge < -0.3 is 48.7 Å². The van der Waals surface area contributed by atoms with Gasteiger partial charge in [-0.1, -0.05) is 62.0 Å². The molecule has 0 aromatic heterocycles. The molecule has 17 heteroatoms. The van der Waals surface area contributed by atoms with Crippen LogP contribution in [0.3, 0.4) is 0 Å². The van der Waals surface area contributed by atoms with E-state index in [1.165, 1.54) is 5.56 Å². The van der Waals surface area contributed by atoms with Gasteiger partial charge >= 0.3 is 5.97 Å². The van der Waals surface area contributed by atoms with Crippen molar-refractivity contribution in [1.82, 2.24) is 20.4 Å². The zero-order chi connectivity index (χ0) is 53.6. The Kier molecular flexibility index (Phi) is 19.5. The van der Waals surface area contributed by atoms with Gasteiger partial charge in [-0.25, -0.2) is 4.79 Å². The maximum atomic E-state index is 14.5. The average Bonchev–Trinajstić information content (AvgIpc) is 3.66. The normalized spacial score (nSPS) is 17.2. The van der Waals surface area contributed by atoms with Gasteiger partial charge in [0.15, 0.2) is 18.1 Å². The number of piperidine rings is 2. The highest BCUT2D eigenvalue weighted by Gasteiger charge is 2.45. The van der Waals surface area contributed by atoms with Crippen molar-refractivity contribution in [2.24, 2.45) is 0 Å². The first-order valence-electron chi connectivity index (χ1n) is 25.8. The number of hydrogen-bond donors (Lipinski definition) is 2. The number of carbonyl (C=O) groups is 6. The van der Waals surface area contributed by atoms with Crippen LogP contribution in [0.15, 0.2) is 85.1 Å². The summed E-state index contributed by atoms with van der Waals surface area (Å²) in [6, 6.07) is 20.4. The standard InChI is InChI=1S/C58H70N4O13/c1-8-42(41-33-38(4)53(70-7)50(34-41)69-6)55(65)61-26-12-11-16-46(61)58(68)75-48(24-22-40-21-19-36(2)37(3)32-40)43-14-9-10-17-47(43)74-35-51(63)59-25-27-71-28-29-72-30-31-73-49-18-13-15-44-52(49)57(67)62(56(44)66)45-23-20-39(5)60-54(45)64/h9-10,13-15,17-19,21,32-34,42,45-46,48H,5,8,11-12,16,20,22-31,35H2,1-4,6-7H3,(H,59,63)(H,60,64)/t42-,45?,46-,48+/m0/s1. The van der Waals surface area contributed by atoms with Gasteiger partial charge in [0.25, 0.3) is 17.7 Å². The number of nitrogens with one attached hydrogen (secondary N) is 2. The lowest BCUT2D eigenvalue weighted by atomic mass is 9.91. The third-order valence-corrected chi connectivity index (χ3v) is 14.0. The summed E-state index contributed by atoms with van der Waals surface area (Å²) in [5.41, 5.74) is 6.51. The average molecular weight is 1030 g/mol. The molecule has 2 saturated heterocycles. The topological polar surface area (TPSA) is 198 Å². The number of ether oxygens (including phenoxy) is 7. The minimum Gasteiger partial charge on any atom is -0.493 e. The fourth-order valence-electron chi connectivity index (χ4n) is 9.88. The zero-order valence-corrected chi connectivity index (χ0v) is 44.0. The van der Waals surface area contributed by atoms with Crippen LogP contribution in [0.4, 0.5) is 0 Å². The Bertz CT molecular complexity index is 2740. The number of hydrogen-bond acceptors (Lipinski definition) is 13. The first kappa shape index (κ1) is 55.5. The van der Waals surface area contributed by atoms with E-state index in [1.54, 1.807) is 49.5 Å². The SMILES string of the molecule is C=C1CCC(N2C(=O)c3cccc(OCCOCCOCCNC(=O)COc4ccccc4[C@@H](CCc4ccc(C)c(C)c4)OC(=O)[C@@H]4CCCCN4C(=O)[C@@H](CC)c4cc(C)c(OC)c(OC)c4)c3C2=O)C(=O)N1. The highest BCUT2D eigenvalue weighted by molar-refractivity contribution is 6.24. The number of para-hydroxylation sites is 1. The summed E-state index contributed by atoms with van der Waals surface area (Å²) in [6.45, 7) is 13.1. The minimum atomic E-state index is -0.922. The lowest BCUT2D eigenvalue weighted by molar-refractivity contribution is -0.162. The quantitative estimate of drug-likeness (QED) is 0.0378. The molecule has 4 aromatic rings. The second kappa shape index (κ2) is 26.3. The third-order valence-electron chi connectivity index (χ3n) is 14.0. The van der Waals surface area contributed by atoms with Crippen molar-refractivity contribution in [3.8, 4) is 23.0 Å². The number of fused-ring (bicyclic) bond motifs is 1. The highest BCUT2D eigenvalue weighted by Crippen LogP contribution is 2.39. The van der Waals surface area contributed by atoms with E-state index >= 15 is 0 Å². The van der Waals surface area contributed by atoms with Crippen LogP contribution in [-0.4, -0.2) is 124 Å². The fraction of sp³-hybridized carbons (Fsp3) is 0.448. The Morgan fingerprint density at radius 1 is 0.787 bits per heavy atom. The van der Waals surface area contributed by atoms with E-state index in [4.69, 9.17) is 33.2 Å². The zero-order valence-electron chi connectivity index (χ0n) is 44.0. The molecule has 17 nitrogen and oxygen atoms in total. The minimum absolute atomic E-state index is 0.0957. The van der Waals surface area contributed by atoms with Crippen LogP contribution in [0.25, 0.3) is 0 Å². The first-order chi connectivity index (χ1) is 36.2. The second-order valence-corrected chi connectivity index (χ2v) is 19.0. The summed E-state index contributed by atoms with van der Waals surface area (Å²) in [5.74, 6) is -1.31. The molecule has 3 aliphatic rings. The number of imide groups is 1. The molecule has 0 saturated carbocycles. The van der Waals surface area contributed by atoms with Crippen molar-refractivity contribution in [2.45, 2.75) is 103 Å². The summed E-state index contributed by atoms with van der Waals surface area (Å²) >= 11 is 0. The molecule has 1 unspecified atom stereocenters. The van der Waals surface area contributed by atoms with Crippen LogP contribution < -0.4 is 29.6 Å². The van der Waals surface area contributed by atoms with Gasteiger partial charge in [-0.3, -0.25) is 28.9 Å². The second-order valence-electron chi connectivity index (χ2n) is 19.0. The Hall–Kier alpha value is -7.24. The molecule has 75 heavy (non-hydrogen) atoms. The molecular weight excluding hydrogens is 961 g/mol. The van der Waals surface area contributed by atoms with Gasteiger partial charge in [0.05, 0.1) is 57.7 Å². The van der Waals surface area contributed by atoms with Crippen LogP contribution in [0.1, 0.15) is 118 Å². The molecule has 0 aliphatic carbocycles. The Morgan fingerprint density at radius 2 is 1.55 bits per heavy atom. The number of benzene rings is 4. The Morgan fingerprint density at radius 3 is 2.29 bits per heavy atom. The Labute approximate surface area is 439 Å². The first-order valence-corrected chi connectivity index (χ1v) is 25.8. The van der Waals surface area contributed by atoms with Crippen molar-refractivity contribution < 1.29 is 61.9 Å². The number of rotatable bonds is 25. The number of nitrogens with zero attached hydrogens (tertiary/aromatic N) is 2. The maximum Gasteiger partial charge on any atom is 0.329 e. The van der Waals surface area contributed by atoms with Crippen molar-refractivity contribution in [3.05, 3.63) is 130 Å². The number of aryl methyl sites for hydroxylation is 4. The van der Waals surface area contributed by atoms with Crippen molar-refractivity contribution >= 4 is 35.5 Å². The molecule has 4 aromatic carbocycles. The Balaban J connectivity index is 0.893. The van der Waals surface area contributed by atoms with Gasteiger partial charge in [-0.15, -0.1) is 0 Å². The summed E-state index contributed by atoms with van der Waals surface area (Å²) in [7, 11) is 3.15. The molecule has 3 aliphatic heterocycles. The number of allylic oxidation sites excluding steroid dienone is 1. The third kappa shape index (κ3) is 13.5. The van der Waals surface area contributed by atoms with Gasteiger partial charge in [-0.05, 0) is 124 Å². The summed E-state index contributed by atoms with van der Waals surface area (Å²) in [5, 5.41) is 5.44. The van der Waals surface area contributed by atoms with Gasteiger partial charge in [0.1, 0.15) is 36.3 Å². The van der Waals surface area contributed by atoms with Crippen molar-refractivity contribution in [1.29, 1.82) is 0 Å². The summed E-state index contributed by atoms with van der Waals surface area (Å²) < 4.78 is 40.9. The van der Waals surface area contributed by atoms with Gasteiger partial charge in [-0.2, -0.15) is 0 Å². The molecule has 3 heterocycles. The molecule has 7 rings (SSSR count). The van der Waals surface area contributed by atoms with Crippen LogP contribution in [0.5, 0.6) is 23.0 Å². The van der Waals surface area contributed by atoms with E-state index < -0.39 is 47.8 Å². The van der Waals surface area contributed by atoms with Crippen LogP contribution in [0, 0.1) is 20.8 Å². The molecule has 2 fully saturated rings. The van der Waals surface area contributed by atoms with E-state index in [9.17, 15) is 28.8 Å². The summed E-state index contributed by atoms with van der Waals surface area (Å²) in [6.07, 6.45) is 3.54. The van der Waals surface area contributed by atoms with E-state index in [0.29, 0.717) is 73.6 Å². The van der Waals surface area contributed by atoms with E-state index in [-0.39, 0.29) is 74.9 Å². The van der Waals surface area contributed by atoms with Crippen LogP contribution >= 0.6 is 0 Å². The number of methoxy groups -OCH3 is 2. The van der Waals surface area contributed by atoms with Crippen LogP contribution in [-0.2, 0) is 39.8 Å². The van der Waals surface area contributed by atoms with Crippen LogP contribution in [0.2, 0.25) is 0 Å². The van der Waals surface area contributed by atoms with E-state index in [0.717, 1.165) is 40.0 Å².